The summed E-state index contributed by atoms with van der Waals surface area (Å²) in [6, 6.07) is 3.65. The fraction of sp³-hybridized carbons (Fsp3) is 0.250. The van der Waals surface area contributed by atoms with Crippen LogP contribution in [0, 0.1) is 10.2 Å². The van der Waals surface area contributed by atoms with Gasteiger partial charge in [0.15, 0.2) is 0 Å². The molecule has 0 amide bonds. The molecule has 1 atom stereocenters. The SMILES string of the molecule is CC([Se]C#N)C(=O)c1cccs1. The van der Waals surface area contributed by atoms with Gasteiger partial charge < -0.3 is 0 Å². The summed E-state index contributed by atoms with van der Waals surface area (Å²) < 4.78 is 0. The van der Waals surface area contributed by atoms with Crippen LogP contribution in [0.25, 0.3) is 0 Å². The van der Waals surface area contributed by atoms with Gasteiger partial charge in [0.1, 0.15) is 0 Å². The number of carbonyl (C=O) groups is 1. The van der Waals surface area contributed by atoms with Gasteiger partial charge in [0.05, 0.1) is 0 Å². The van der Waals surface area contributed by atoms with E-state index in [-0.39, 0.29) is 25.6 Å². The molecular formula is C8H7NOSSe. The molecule has 2 nitrogen and oxygen atoms in total. The zero-order valence-electron chi connectivity index (χ0n) is 6.48. The third kappa shape index (κ3) is 2.18. The summed E-state index contributed by atoms with van der Waals surface area (Å²) in [7, 11) is 0. The summed E-state index contributed by atoms with van der Waals surface area (Å²) in [5, 5.41) is 10.3. The van der Waals surface area contributed by atoms with E-state index in [1.54, 1.807) is 6.07 Å². The molecule has 0 bridgehead atoms. The number of thiophene rings is 1. The first-order valence-corrected chi connectivity index (χ1v) is 6.10. The molecule has 0 aliphatic carbocycles. The second-order valence-corrected chi connectivity index (χ2v) is 5.50. The normalized spacial score (nSPS) is 12.0. The Morgan fingerprint density at radius 1 is 1.83 bits per heavy atom. The number of nitrogens with zero attached hydrogens (tertiary/aromatic N) is 1. The third-order valence-electron chi connectivity index (χ3n) is 1.36. The third-order valence-corrected chi connectivity index (χ3v) is 3.66. The van der Waals surface area contributed by atoms with Crippen LogP contribution in [0.2, 0.25) is 4.82 Å². The second kappa shape index (κ2) is 4.42. The predicted molar refractivity (Wildman–Crippen MR) is 49.4 cm³/mol. The molecular weight excluding hydrogens is 237 g/mol. The van der Waals surface area contributed by atoms with Gasteiger partial charge in [-0.2, -0.15) is 0 Å². The molecule has 0 aliphatic heterocycles. The number of Topliss-reactive ketones (excluding diaryl/α,β-unsaturated/α-hetero) is 1. The van der Waals surface area contributed by atoms with E-state index in [0.29, 0.717) is 0 Å². The predicted octanol–water partition coefficient (Wildman–Crippen LogP) is 1.92. The van der Waals surface area contributed by atoms with Gasteiger partial charge in [-0.05, 0) is 0 Å². The zero-order chi connectivity index (χ0) is 8.97. The van der Waals surface area contributed by atoms with Crippen LogP contribution in [-0.2, 0) is 0 Å². The average molecular weight is 244 g/mol. The Bertz CT molecular complexity index is 301. The van der Waals surface area contributed by atoms with E-state index in [4.69, 9.17) is 5.26 Å². The van der Waals surface area contributed by atoms with Gasteiger partial charge >= 0.3 is 81.2 Å². The minimum atomic E-state index is -0.221. The molecule has 0 N–H and O–H groups in total. The van der Waals surface area contributed by atoms with Crippen LogP contribution in [-0.4, -0.2) is 20.7 Å². The Morgan fingerprint density at radius 2 is 2.58 bits per heavy atom. The van der Waals surface area contributed by atoms with Gasteiger partial charge in [-0.3, -0.25) is 0 Å². The molecule has 0 aromatic carbocycles. The number of rotatable bonds is 3. The molecule has 0 radical (unpaired) electrons. The monoisotopic (exact) mass is 245 g/mol. The second-order valence-electron chi connectivity index (χ2n) is 2.19. The minimum absolute atomic E-state index is 0.103. The Morgan fingerprint density at radius 3 is 3.08 bits per heavy atom. The molecule has 0 spiro atoms. The Hall–Kier alpha value is -0.621. The number of hydrogen-bond donors (Lipinski definition) is 0. The van der Waals surface area contributed by atoms with Crippen molar-refractivity contribution in [1.29, 1.82) is 5.26 Å². The van der Waals surface area contributed by atoms with Gasteiger partial charge in [-0.15, -0.1) is 0 Å². The first kappa shape index (κ1) is 9.47. The number of ketones is 1. The molecule has 4 heteroatoms. The van der Waals surface area contributed by atoms with Crippen LogP contribution in [0.3, 0.4) is 0 Å². The van der Waals surface area contributed by atoms with Gasteiger partial charge in [0.25, 0.3) is 0 Å². The van der Waals surface area contributed by atoms with Crippen molar-refractivity contribution in [3.63, 3.8) is 0 Å². The molecule has 1 heterocycles. The molecule has 0 saturated heterocycles. The van der Waals surface area contributed by atoms with Gasteiger partial charge in [-0.25, -0.2) is 0 Å². The molecule has 1 aromatic heterocycles. The van der Waals surface area contributed by atoms with Gasteiger partial charge in [0.2, 0.25) is 0 Å². The van der Waals surface area contributed by atoms with Crippen molar-refractivity contribution in [2.45, 2.75) is 11.7 Å². The van der Waals surface area contributed by atoms with Crippen molar-refractivity contribution in [1.82, 2.24) is 0 Å². The fourth-order valence-electron chi connectivity index (χ4n) is 0.752. The quantitative estimate of drug-likeness (QED) is 0.602. The summed E-state index contributed by atoms with van der Waals surface area (Å²) >= 11 is 1.22. The molecule has 1 unspecified atom stereocenters. The van der Waals surface area contributed by atoms with E-state index < -0.39 is 0 Å². The van der Waals surface area contributed by atoms with E-state index in [1.165, 1.54) is 11.3 Å². The number of hydrogen-bond acceptors (Lipinski definition) is 3. The molecule has 0 fully saturated rings. The standard InChI is InChI=1S/C8H7NOSSe/c1-6(12-5-9)8(10)7-3-2-4-11-7/h2-4,6H,1H3. The van der Waals surface area contributed by atoms with Crippen molar-refractivity contribution in [2.75, 3.05) is 0 Å². The van der Waals surface area contributed by atoms with Crippen molar-refractivity contribution in [3.05, 3.63) is 22.4 Å². The molecule has 1 aromatic rings. The van der Waals surface area contributed by atoms with Crippen LogP contribution in [0.1, 0.15) is 16.6 Å². The zero-order valence-corrected chi connectivity index (χ0v) is 9.01. The first-order valence-electron chi connectivity index (χ1n) is 3.38. The van der Waals surface area contributed by atoms with Crippen LogP contribution < -0.4 is 0 Å². The first-order chi connectivity index (χ1) is 5.75. The summed E-state index contributed by atoms with van der Waals surface area (Å²) in [4.78, 5) is 14.2. The van der Waals surface area contributed by atoms with E-state index in [0.717, 1.165) is 4.88 Å². The molecule has 0 aliphatic rings. The fourth-order valence-corrected chi connectivity index (χ4v) is 2.50. The summed E-state index contributed by atoms with van der Waals surface area (Å²) in [5.74, 6) is 0.103. The van der Waals surface area contributed by atoms with Crippen molar-refractivity contribution in [2.24, 2.45) is 0 Å². The van der Waals surface area contributed by atoms with Crippen molar-refractivity contribution in [3.8, 4) is 4.97 Å². The van der Waals surface area contributed by atoms with E-state index in [1.807, 2.05) is 18.4 Å². The van der Waals surface area contributed by atoms with Gasteiger partial charge in [-0.1, -0.05) is 0 Å². The van der Waals surface area contributed by atoms with Crippen LogP contribution in [0.5, 0.6) is 0 Å². The Kier molecular flexibility index (Phi) is 3.48. The van der Waals surface area contributed by atoms with Crippen LogP contribution >= 0.6 is 11.3 Å². The van der Waals surface area contributed by atoms with E-state index in [2.05, 4.69) is 4.97 Å². The Balaban J connectivity index is 2.67. The summed E-state index contributed by atoms with van der Waals surface area (Å²) in [6.45, 7) is 1.81. The average Bonchev–Trinajstić information content (AvgIpc) is 2.55. The Labute approximate surface area is 81.4 Å². The van der Waals surface area contributed by atoms with E-state index in [9.17, 15) is 4.79 Å². The van der Waals surface area contributed by atoms with Crippen LogP contribution in [0.4, 0.5) is 0 Å². The molecule has 1 rings (SSSR count). The maximum atomic E-state index is 11.5. The molecule has 12 heavy (non-hydrogen) atoms. The summed E-state index contributed by atoms with van der Waals surface area (Å²) in [5.41, 5.74) is 0. The maximum absolute atomic E-state index is 11.5. The molecule has 0 saturated carbocycles. The summed E-state index contributed by atoms with van der Waals surface area (Å²) in [6.07, 6.45) is 0. The topological polar surface area (TPSA) is 40.9 Å². The van der Waals surface area contributed by atoms with Crippen molar-refractivity contribution < 1.29 is 4.79 Å². The number of carbonyl (C=O) groups excluding carboxylic acids is 1. The number of nitriles is 1. The van der Waals surface area contributed by atoms with Crippen molar-refractivity contribution >= 4 is 32.1 Å². The van der Waals surface area contributed by atoms with Crippen LogP contribution in [0.15, 0.2) is 17.5 Å². The molecule has 62 valence electrons. The van der Waals surface area contributed by atoms with E-state index >= 15 is 0 Å². The van der Waals surface area contributed by atoms with Gasteiger partial charge in [0, 0.05) is 0 Å².